The van der Waals surface area contributed by atoms with Gasteiger partial charge < -0.3 is 15.4 Å². The van der Waals surface area contributed by atoms with Crippen molar-refractivity contribution in [2.75, 3.05) is 10.6 Å². The van der Waals surface area contributed by atoms with Crippen molar-refractivity contribution in [2.24, 2.45) is 0 Å². The van der Waals surface area contributed by atoms with Crippen LogP contribution in [0.25, 0.3) is 44.3 Å². The van der Waals surface area contributed by atoms with Gasteiger partial charge in [-0.3, -0.25) is 9.59 Å². The average molecular weight is 663 g/mol. The van der Waals surface area contributed by atoms with E-state index in [0.29, 0.717) is 34.0 Å². The van der Waals surface area contributed by atoms with Crippen LogP contribution in [0, 0.1) is 0 Å². The molecule has 0 saturated carbocycles. The maximum atomic E-state index is 13.5. The van der Waals surface area contributed by atoms with Crippen LogP contribution in [0.3, 0.4) is 0 Å². The number of fused-ring (bicyclic) bond motifs is 2. The summed E-state index contributed by atoms with van der Waals surface area (Å²) >= 11 is 0. The summed E-state index contributed by atoms with van der Waals surface area (Å²) in [6.07, 6.45) is 0. The van der Waals surface area contributed by atoms with Crippen LogP contribution in [0.5, 0.6) is 11.5 Å². The molecule has 8 aromatic rings. The number of carbonyl (C=O) groups excluding carboxylic acids is 2. The first-order chi connectivity index (χ1) is 25.1. The van der Waals surface area contributed by atoms with E-state index in [4.69, 9.17) is 14.7 Å². The lowest BCUT2D eigenvalue weighted by molar-refractivity contribution is 0.102. The van der Waals surface area contributed by atoms with Crippen LogP contribution in [0.1, 0.15) is 20.7 Å². The number of hydrogen-bond donors (Lipinski definition) is 2. The summed E-state index contributed by atoms with van der Waals surface area (Å²) in [4.78, 5) is 36.6. The number of para-hydroxylation sites is 2. The van der Waals surface area contributed by atoms with Gasteiger partial charge in [0, 0.05) is 33.3 Å². The number of ether oxygens (including phenoxy) is 1. The maximum Gasteiger partial charge on any atom is 0.256 e. The molecule has 8 rings (SSSR count). The van der Waals surface area contributed by atoms with Crippen molar-refractivity contribution in [3.05, 3.63) is 181 Å². The van der Waals surface area contributed by atoms with E-state index in [0.717, 1.165) is 44.3 Å². The van der Waals surface area contributed by atoms with Gasteiger partial charge in [-0.25, -0.2) is 9.97 Å². The highest BCUT2D eigenvalue weighted by atomic mass is 16.5. The number of benzene rings is 6. The maximum absolute atomic E-state index is 13.5. The van der Waals surface area contributed by atoms with Gasteiger partial charge in [0.15, 0.2) is 0 Å². The first-order valence-electron chi connectivity index (χ1n) is 16.5. The fraction of sp³-hybridized carbons (Fsp3) is 0. The van der Waals surface area contributed by atoms with E-state index in [-0.39, 0.29) is 11.8 Å². The fourth-order valence-electron chi connectivity index (χ4n) is 5.99. The smallest absolute Gasteiger partial charge is 0.256 e. The Morgan fingerprint density at radius 1 is 0.431 bits per heavy atom. The van der Waals surface area contributed by atoms with Crippen LogP contribution in [-0.4, -0.2) is 21.8 Å². The van der Waals surface area contributed by atoms with E-state index < -0.39 is 0 Å². The normalized spacial score (nSPS) is 10.9. The first-order valence-corrected chi connectivity index (χ1v) is 16.5. The van der Waals surface area contributed by atoms with E-state index in [1.165, 1.54) is 0 Å². The van der Waals surface area contributed by atoms with E-state index in [9.17, 15) is 9.59 Å². The number of anilines is 2. The number of rotatable bonds is 8. The molecule has 0 aliphatic heterocycles. The van der Waals surface area contributed by atoms with Crippen LogP contribution in [0.2, 0.25) is 0 Å². The Morgan fingerprint density at radius 2 is 0.804 bits per heavy atom. The molecule has 7 heteroatoms. The second-order valence-electron chi connectivity index (χ2n) is 11.9. The molecule has 0 bridgehead atoms. The summed E-state index contributed by atoms with van der Waals surface area (Å²) in [6.45, 7) is 0. The lowest BCUT2D eigenvalue weighted by Gasteiger charge is -2.12. The van der Waals surface area contributed by atoms with E-state index in [1.807, 2.05) is 121 Å². The predicted octanol–water partition coefficient (Wildman–Crippen LogP) is 10.4. The Kier molecular flexibility index (Phi) is 8.42. The van der Waals surface area contributed by atoms with Crippen LogP contribution in [0.15, 0.2) is 170 Å². The minimum Gasteiger partial charge on any atom is -0.457 e. The predicted molar refractivity (Wildman–Crippen MR) is 203 cm³/mol. The lowest BCUT2D eigenvalue weighted by atomic mass is 10.0. The zero-order chi connectivity index (χ0) is 34.6. The fourth-order valence-corrected chi connectivity index (χ4v) is 5.99. The Balaban J connectivity index is 0.948. The van der Waals surface area contributed by atoms with Crippen LogP contribution in [0.4, 0.5) is 11.4 Å². The van der Waals surface area contributed by atoms with Gasteiger partial charge in [-0.15, -0.1) is 0 Å². The monoisotopic (exact) mass is 662 g/mol. The lowest BCUT2D eigenvalue weighted by Crippen LogP contribution is -2.13. The second kappa shape index (κ2) is 13.8. The number of nitrogens with zero attached hydrogens (tertiary/aromatic N) is 2. The molecule has 0 unspecified atom stereocenters. The number of amides is 2. The van der Waals surface area contributed by atoms with E-state index in [1.54, 1.807) is 48.5 Å². The summed E-state index contributed by atoms with van der Waals surface area (Å²) in [6, 6.07) is 52.9. The number of carbonyl (C=O) groups is 2. The van der Waals surface area contributed by atoms with E-state index in [2.05, 4.69) is 10.6 Å². The zero-order valence-electron chi connectivity index (χ0n) is 27.3. The van der Waals surface area contributed by atoms with Gasteiger partial charge in [0.05, 0.1) is 33.5 Å². The molecular formula is C44H30N4O3. The number of hydrogen-bond acceptors (Lipinski definition) is 5. The number of pyridine rings is 2. The van der Waals surface area contributed by atoms with Crippen molar-refractivity contribution in [3.8, 4) is 34.0 Å². The largest absolute Gasteiger partial charge is 0.457 e. The molecule has 2 amide bonds. The SMILES string of the molecule is O=C(Nc1ccc(Oc2ccc(NC(=O)c3cc(-c4ccccc4)nc4ccccc34)cc2)cc1)c1cc(-c2ccccc2)nc2ccccc12. The van der Waals surface area contributed by atoms with E-state index >= 15 is 0 Å². The number of aromatic nitrogens is 2. The summed E-state index contributed by atoms with van der Waals surface area (Å²) in [7, 11) is 0. The molecule has 0 atom stereocenters. The highest BCUT2D eigenvalue weighted by Crippen LogP contribution is 2.29. The third-order valence-corrected chi connectivity index (χ3v) is 8.52. The molecule has 7 nitrogen and oxygen atoms in total. The minimum absolute atomic E-state index is 0.229. The number of nitrogens with one attached hydrogen (secondary N) is 2. The molecule has 244 valence electrons. The first kappa shape index (κ1) is 31.2. The van der Waals surface area contributed by atoms with Gasteiger partial charge in [-0.2, -0.15) is 0 Å². The van der Waals surface area contributed by atoms with Gasteiger partial charge in [0.1, 0.15) is 11.5 Å². The second-order valence-corrected chi connectivity index (χ2v) is 11.9. The molecule has 0 radical (unpaired) electrons. The Bertz CT molecular complexity index is 2340. The average Bonchev–Trinajstić information content (AvgIpc) is 3.19. The Hall–Kier alpha value is -7.12. The van der Waals surface area contributed by atoms with Crippen LogP contribution < -0.4 is 15.4 Å². The molecule has 0 saturated heterocycles. The van der Waals surface area contributed by atoms with Crippen molar-refractivity contribution in [1.29, 1.82) is 0 Å². The summed E-state index contributed by atoms with van der Waals surface area (Å²) in [5.74, 6) is 0.741. The molecule has 0 spiro atoms. The highest BCUT2D eigenvalue weighted by Gasteiger charge is 2.16. The molecule has 0 aliphatic rings. The van der Waals surface area contributed by atoms with Crippen molar-refractivity contribution in [3.63, 3.8) is 0 Å². The highest BCUT2D eigenvalue weighted by molar-refractivity contribution is 6.14. The van der Waals surface area contributed by atoms with Crippen LogP contribution in [-0.2, 0) is 0 Å². The molecular weight excluding hydrogens is 633 g/mol. The minimum atomic E-state index is -0.229. The molecule has 2 aromatic heterocycles. The Morgan fingerprint density at radius 3 is 1.22 bits per heavy atom. The standard InChI is InChI=1S/C44H30N4O3/c49-43(37-27-41(29-11-3-1-4-12-29)47-39-17-9-7-15-35(37)39)45-31-19-23-33(24-20-31)51-34-25-21-32(22-26-34)46-44(50)38-28-42(30-13-5-2-6-14-30)48-40-18-10-8-16-36(38)40/h1-28H,(H,45,49)(H,46,50). The van der Waals surface area contributed by atoms with Crippen molar-refractivity contribution >= 4 is 45.0 Å². The quantitative estimate of drug-likeness (QED) is 0.169. The van der Waals surface area contributed by atoms with Gasteiger partial charge >= 0.3 is 0 Å². The zero-order valence-corrected chi connectivity index (χ0v) is 27.3. The van der Waals surface area contributed by atoms with Gasteiger partial charge in [0.2, 0.25) is 0 Å². The van der Waals surface area contributed by atoms with Crippen molar-refractivity contribution < 1.29 is 14.3 Å². The van der Waals surface area contributed by atoms with Gasteiger partial charge in [-0.05, 0) is 72.8 Å². The third-order valence-electron chi connectivity index (χ3n) is 8.52. The molecule has 2 N–H and O–H groups in total. The molecule has 0 fully saturated rings. The summed E-state index contributed by atoms with van der Waals surface area (Å²) in [5, 5.41) is 7.59. The summed E-state index contributed by atoms with van der Waals surface area (Å²) in [5.41, 5.74) is 7.19. The molecule has 51 heavy (non-hydrogen) atoms. The van der Waals surface area contributed by atoms with Crippen LogP contribution >= 0.6 is 0 Å². The van der Waals surface area contributed by atoms with Crippen molar-refractivity contribution in [1.82, 2.24) is 9.97 Å². The topological polar surface area (TPSA) is 93.2 Å². The van der Waals surface area contributed by atoms with Crippen molar-refractivity contribution in [2.45, 2.75) is 0 Å². The summed E-state index contributed by atoms with van der Waals surface area (Å²) < 4.78 is 6.07. The molecule has 2 heterocycles. The third kappa shape index (κ3) is 6.77. The molecule has 6 aromatic carbocycles. The van der Waals surface area contributed by atoms with Gasteiger partial charge in [0.25, 0.3) is 11.8 Å². The van der Waals surface area contributed by atoms with Gasteiger partial charge in [-0.1, -0.05) is 97.1 Å². The molecule has 0 aliphatic carbocycles. The Labute approximate surface area is 294 Å².